The van der Waals surface area contributed by atoms with Gasteiger partial charge < -0.3 is 10.6 Å². The third-order valence-corrected chi connectivity index (χ3v) is 5.15. The van der Waals surface area contributed by atoms with E-state index in [9.17, 15) is 4.79 Å². The molecule has 5 N–H and O–H groups in total. The normalized spacial score (nSPS) is 40.5. The molecular weight excluding hydrogens is 280 g/mol. The summed E-state index contributed by atoms with van der Waals surface area (Å²) >= 11 is 0. The van der Waals surface area contributed by atoms with Crippen LogP contribution in [0.4, 0.5) is 0 Å². The summed E-state index contributed by atoms with van der Waals surface area (Å²) in [6.45, 7) is 9.00. The molecule has 3 saturated heterocycles. The van der Waals surface area contributed by atoms with Gasteiger partial charge in [-0.1, -0.05) is 6.92 Å². The van der Waals surface area contributed by atoms with E-state index >= 15 is 0 Å². The Morgan fingerprint density at radius 1 is 1.18 bits per heavy atom. The first-order valence-electron chi connectivity index (χ1n) is 8.64. The van der Waals surface area contributed by atoms with E-state index in [-0.39, 0.29) is 24.2 Å². The largest absolute Gasteiger partial charge is 0.351 e. The Labute approximate surface area is 132 Å². The quantitative estimate of drug-likeness (QED) is 0.450. The van der Waals surface area contributed by atoms with Gasteiger partial charge in [-0.3, -0.25) is 15.4 Å². The summed E-state index contributed by atoms with van der Waals surface area (Å²) < 4.78 is 0. The second-order valence-corrected chi connectivity index (χ2v) is 7.02. The van der Waals surface area contributed by atoms with Crippen molar-refractivity contribution in [2.24, 2.45) is 11.8 Å². The van der Waals surface area contributed by atoms with Gasteiger partial charge in [0.2, 0.25) is 5.91 Å². The van der Waals surface area contributed by atoms with Crippen molar-refractivity contribution in [2.45, 2.75) is 45.1 Å². The van der Waals surface area contributed by atoms with Crippen LogP contribution in [0.15, 0.2) is 0 Å². The Hall–Kier alpha value is -0.730. The van der Waals surface area contributed by atoms with Gasteiger partial charge in [0.15, 0.2) is 0 Å². The minimum Gasteiger partial charge on any atom is -0.351 e. The molecule has 0 aromatic heterocycles. The van der Waals surface area contributed by atoms with E-state index in [1.54, 1.807) is 0 Å². The Morgan fingerprint density at radius 2 is 1.95 bits per heavy atom. The van der Waals surface area contributed by atoms with E-state index in [0.29, 0.717) is 12.0 Å². The van der Waals surface area contributed by atoms with Crippen molar-refractivity contribution in [3.05, 3.63) is 0 Å². The molecular formula is C15H30N6O. The highest BCUT2D eigenvalue weighted by molar-refractivity contribution is 5.79. The molecule has 0 radical (unpaired) electrons. The fourth-order valence-electron chi connectivity index (χ4n) is 3.46. The van der Waals surface area contributed by atoms with Crippen molar-refractivity contribution in [3.8, 4) is 0 Å². The van der Waals surface area contributed by atoms with Crippen LogP contribution >= 0.6 is 0 Å². The van der Waals surface area contributed by atoms with E-state index in [2.05, 4.69) is 45.5 Å². The molecule has 0 aromatic carbocycles. The predicted molar refractivity (Wildman–Crippen MR) is 85.8 cm³/mol. The molecule has 0 spiro atoms. The van der Waals surface area contributed by atoms with Crippen LogP contribution in [-0.4, -0.2) is 62.0 Å². The zero-order chi connectivity index (χ0) is 15.5. The first kappa shape index (κ1) is 16.1. The van der Waals surface area contributed by atoms with Gasteiger partial charge in [-0.2, -0.15) is 0 Å². The zero-order valence-corrected chi connectivity index (χ0v) is 13.7. The summed E-state index contributed by atoms with van der Waals surface area (Å²) in [5.74, 6) is 0.981. The van der Waals surface area contributed by atoms with Crippen molar-refractivity contribution in [3.63, 3.8) is 0 Å². The molecule has 0 aliphatic carbocycles. The van der Waals surface area contributed by atoms with Crippen molar-refractivity contribution in [1.29, 1.82) is 0 Å². The van der Waals surface area contributed by atoms with Gasteiger partial charge >= 0.3 is 0 Å². The number of piperidine rings is 1. The van der Waals surface area contributed by atoms with Gasteiger partial charge in [-0.15, -0.1) is 0 Å². The number of rotatable bonds is 3. The molecule has 3 aliphatic rings. The number of hydrogen-bond donors (Lipinski definition) is 5. The first-order chi connectivity index (χ1) is 10.6. The molecule has 7 nitrogen and oxygen atoms in total. The molecule has 22 heavy (non-hydrogen) atoms. The average molecular weight is 310 g/mol. The molecule has 126 valence electrons. The molecule has 1 amide bonds. The molecule has 0 saturated carbocycles. The lowest BCUT2D eigenvalue weighted by Gasteiger charge is -2.37. The topological polar surface area (TPSA) is 80.5 Å². The molecule has 0 bridgehead atoms. The van der Waals surface area contributed by atoms with Gasteiger partial charge in [-0.05, 0) is 32.2 Å². The highest BCUT2D eigenvalue weighted by Crippen LogP contribution is 2.15. The van der Waals surface area contributed by atoms with Crippen LogP contribution in [0, 0.1) is 11.8 Å². The second kappa shape index (κ2) is 7.23. The zero-order valence-electron chi connectivity index (χ0n) is 13.7. The maximum atomic E-state index is 12.3. The van der Waals surface area contributed by atoms with Gasteiger partial charge in [0, 0.05) is 32.2 Å². The maximum absolute atomic E-state index is 12.3. The highest BCUT2D eigenvalue weighted by atomic mass is 16.2. The van der Waals surface area contributed by atoms with E-state index in [4.69, 9.17) is 0 Å². The molecule has 3 rings (SSSR count). The predicted octanol–water partition coefficient (Wildman–Crippen LogP) is -1.21. The number of amides is 1. The fourth-order valence-corrected chi connectivity index (χ4v) is 3.46. The Bertz CT molecular complexity index is 368. The van der Waals surface area contributed by atoms with E-state index in [1.807, 2.05) is 0 Å². The number of hydrogen-bond acceptors (Lipinski definition) is 6. The second-order valence-electron chi connectivity index (χ2n) is 7.02. The van der Waals surface area contributed by atoms with Gasteiger partial charge in [0.05, 0.1) is 12.0 Å². The van der Waals surface area contributed by atoms with E-state index < -0.39 is 0 Å². The third kappa shape index (κ3) is 3.78. The molecule has 0 aromatic rings. The van der Waals surface area contributed by atoms with Crippen LogP contribution in [0.2, 0.25) is 0 Å². The Morgan fingerprint density at radius 3 is 2.55 bits per heavy atom. The number of nitrogens with zero attached hydrogens (tertiary/aromatic N) is 1. The summed E-state index contributed by atoms with van der Waals surface area (Å²) in [4.78, 5) is 12.3. The third-order valence-electron chi connectivity index (χ3n) is 5.15. The molecule has 3 unspecified atom stereocenters. The molecule has 3 atom stereocenters. The summed E-state index contributed by atoms with van der Waals surface area (Å²) in [6.07, 6.45) is 2.25. The van der Waals surface area contributed by atoms with Crippen molar-refractivity contribution in [2.75, 3.05) is 32.7 Å². The first-order valence-corrected chi connectivity index (χ1v) is 8.64. The van der Waals surface area contributed by atoms with Gasteiger partial charge in [-0.25, -0.2) is 10.4 Å². The van der Waals surface area contributed by atoms with Crippen LogP contribution in [0.1, 0.15) is 26.7 Å². The van der Waals surface area contributed by atoms with E-state index in [1.165, 1.54) is 0 Å². The van der Waals surface area contributed by atoms with Crippen LogP contribution in [-0.2, 0) is 4.79 Å². The summed E-state index contributed by atoms with van der Waals surface area (Å²) in [6, 6.07) is 0.683. The minimum absolute atomic E-state index is 0.133. The highest BCUT2D eigenvalue weighted by Gasteiger charge is 2.33. The smallest absolute Gasteiger partial charge is 0.224 e. The molecule has 7 heteroatoms. The molecule has 3 heterocycles. The Balaban J connectivity index is 1.41. The van der Waals surface area contributed by atoms with Crippen molar-refractivity contribution in [1.82, 2.24) is 31.7 Å². The average Bonchev–Trinajstić information content (AvgIpc) is 2.88. The summed E-state index contributed by atoms with van der Waals surface area (Å²) in [5, 5.41) is 15.7. The fraction of sp³-hybridized carbons (Fsp3) is 0.933. The summed E-state index contributed by atoms with van der Waals surface area (Å²) in [7, 11) is 0. The lowest BCUT2D eigenvalue weighted by Crippen LogP contribution is -2.67. The number of carbonyl (C=O) groups excluding carboxylic acids is 1. The summed E-state index contributed by atoms with van der Waals surface area (Å²) in [5.41, 5.74) is 3.49. The van der Waals surface area contributed by atoms with Crippen LogP contribution in [0.3, 0.4) is 0 Å². The monoisotopic (exact) mass is 310 g/mol. The lowest BCUT2D eigenvalue weighted by atomic mass is 9.98. The maximum Gasteiger partial charge on any atom is 0.224 e. The minimum atomic E-state index is 0.133. The standard InChI is InChI=1S/C15H30N6O/c1-10-9-21(20-11(10)2)15-17-7-13(8-18-15)19-14(22)12-4-3-5-16-6-12/h10-13,15-18,20H,3-9H2,1-2H3,(H,19,22). The number of carbonyl (C=O) groups is 1. The van der Waals surface area contributed by atoms with Crippen LogP contribution < -0.4 is 26.7 Å². The van der Waals surface area contributed by atoms with Gasteiger partial charge in [0.1, 0.15) is 6.29 Å². The number of nitrogens with one attached hydrogen (secondary N) is 5. The van der Waals surface area contributed by atoms with Gasteiger partial charge in [0.25, 0.3) is 0 Å². The van der Waals surface area contributed by atoms with Crippen LogP contribution in [0.25, 0.3) is 0 Å². The molecule has 3 aliphatic heterocycles. The van der Waals surface area contributed by atoms with E-state index in [0.717, 1.165) is 45.6 Å². The molecule has 3 fully saturated rings. The Kier molecular flexibility index (Phi) is 5.30. The van der Waals surface area contributed by atoms with Crippen molar-refractivity contribution < 1.29 is 4.79 Å². The SMILES string of the molecule is CC1CN(C2NCC(NC(=O)C3CCCNC3)CN2)NC1C. The number of hydrazine groups is 1. The lowest BCUT2D eigenvalue weighted by molar-refractivity contribution is -0.126. The van der Waals surface area contributed by atoms with Crippen LogP contribution in [0.5, 0.6) is 0 Å². The van der Waals surface area contributed by atoms with Crippen molar-refractivity contribution >= 4 is 5.91 Å².